The molecule has 0 saturated carbocycles. The molecule has 0 aliphatic carbocycles. The smallest absolute Gasteiger partial charge is 0.191 e. The monoisotopic (exact) mass is 240 g/mol. The maximum Gasteiger partial charge on any atom is 0.191 e. The van der Waals surface area contributed by atoms with Gasteiger partial charge in [-0.05, 0) is 38.8 Å². The van der Waals surface area contributed by atoms with Crippen LogP contribution in [0.15, 0.2) is 4.99 Å². The highest BCUT2D eigenvalue weighted by atomic mass is 15.2. The van der Waals surface area contributed by atoms with Crippen molar-refractivity contribution in [3.8, 4) is 0 Å². The average Bonchev–Trinajstić information content (AvgIpc) is 2.69. The SMILES string of the molecule is CN=C(NCC1CCN(C)C1)NC(C)C(C)C. The van der Waals surface area contributed by atoms with Crippen LogP contribution < -0.4 is 10.6 Å². The standard InChI is InChI=1S/C13H28N4/c1-10(2)11(3)16-13(14-4)15-8-12-6-7-17(5)9-12/h10-12H,6-9H2,1-5H3,(H2,14,15,16). The molecule has 0 aromatic carbocycles. The molecule has 0 aromatic rings. The van der Waals surface area contributed by atoms with Gasteiger partial charge in [0.1, 0.15) is 0 Å². The molecule has 1 fully saturated rings. The van der Waals surface area contributed by atoms with Crippen LogP contribution in [0, 0.1) is 11.8 Å². The Morgan fingerprint density at radius 2 is 2.12 bits per heavy atom. The Bertz CT molecular complexity index is 250. The summed E-state index contributed by atoms with van der Waals surface area (Å²) < 4.78 is 0. The van der Waals surface area contributed by atoms with E-state index >= 15 is 0 Å². The van der Waals surface area contributed by atoms with Crippen molar-refractivity contribution < 1.29 is 0 Å². The van der Waals surface area contributed by atoms with E-state index in [9.17, 15) is 0 Å². The summed E-state index contributed by atoms with van der Waals surface area (Å²) in [6, 6.07) is 0.451. The molecule has 1 aliphatic heterocycles. The van der Waals surface area contributed by atoms with Crippen LogP contribution in [-0.2, 0) is 0 Å². The van der Waals surface area contributed by atoms with Crippen molar-refractivity contribution in [3.63, 3.8) is 0 Å². The molecule has 1 rings (SSSR count). The summed E-state index contributed by atoms with van der Waals surface area (Å²) in [6.45, 7) is 10.1. The normalized spacial score (nSPS) is 24.1. The molecule has 1 heterocycles. The zero-order chi connectivity index (χ0) is 12.8. The van der Waals surface area contributed by atoms with Gasteiger partial charge in [0.15, 0.2) is 5.96 Å². The van der Waals surface area contributed by atoms with Gasteiger partial charge in [0.2, 0.25) is 0 Å². The highest BCUT2D eigenvalue weighted by Gasteiger charge is 2.19. The van der Waals surface area contributed by atoms with Crippen molar-refractivity contribution in [2.45, 2.75) is 33.2 Å². The Balaban J connectivity index is 2.28. The quantitative estimate of drug-likeness (QED) is 0.572. The fraction of sp³-hybridized carbons (Fsp3) is 0.923. The van der Waals surface area contributed by atoms with E-state index in [0.717, 1.165) is 18.4 Å². The lowest BCUT2D eigenvalue weighted by molar-refractivity contribution is 0.393. The number of nitrogens with zero attached hydrogens (tertiary/aromatic N) is 2. The van der Waals surface area contributed by atoms with Crippen molar-refractivity contribution in [1.82, 2.24) is 15.5 Å². The van der Waals surface area contributed by atoms with E-state index in [0.29, 0.717) is 12.0 Å². The summed E-state index contributed by atoms with van der Waals surface area (Å²) in [4.78, 5) is 6.66. The van der Waals surface area contributed by atoms with E-state index < -0.39 is 0 Å². The summed E-state index contributed by atoms with van der Waals surface area (Å²) in [7, 11) is 4.02. The number of guanidine groups is 1. The molecule has 0 amide bonds. The molecular weight excluding hydrogens is 212 g/mol. The Morgan fingerprint density at radius 1 is 1.41 bits per heavy atom. The van der Waals surface area contributed by atoms with E-state index in [2.05, 4.69) is 48.3 Å². The molecule has 1 aliphatic rings. The van der Waals surface area contributed by atoms with Crippen LogP contribution in [0.4, 0.5) is 0 Å². The maximum absolute atomic E-state index is 4.27. The first-order valence-corrected chi connectivity index (χ1v) is 6.68. The van der Waals surface area contributed by atoms with Crippen LogP contribution in [0.25, 0.3) is 0 Å². The fourth-order valence-corrected chi connectivity index (χ4v) is 2.01. The van der Waals surface area contributed by atoms with Crippen molar-refractivity contribution in [2.75, 3.05) is 33.7 Å². The molecule has 4 nitrogen and oxygen atoms in total. The number of nitrogens with one attached hydrogen (secondary N) is 2. The van der Waals surface area contributed by atoms with Gasteiger partial charge in [-0.1, -0.05) is 13.8 Å². The van der Waals surface area contributed by atoms with Crippen LogP contribution in [-0.4, -0.2) is 50.6 Å². The number of hydrogen-bond donors (Lipinski definition) is 2. The minimum atomic E-state index is 0.451. The average molecular weight is 240 g/mol. The van der Waals surface area contributed by atoms with Crippen LogP contribution in [0.5, 0.6) is 0 Å². The van der Waals surface area contributed by atoms with Crippen LogP contribution >= 0.6 is 0 Å². The highest BCUT2D eigenvalue weighted by molar-refractivity contribution is 5.79. The molecule has 17 heavy (non-hydrogen) atoms. The predicted octanol–water partition coefficient (Wildman–Crippen LogP) is 1.15. The number of rotatable bonds is 4. The van der Waals surface area contributed by atoms with E-state index in [-0.39, 0.29) is 0 Å². The summed E-state index contributed by atoms with van der Waals surface area (Å²) in [5.41, 5.74) is 0. The van der Waals surface area contributed by atoms with Gasteiger partial charge in [-0.25, -0.2) is 0 Å². The van der Waals surface area contributed by atoms with E-state index in [4.69, 9.17) is 0 Å². The molecule has 0 spiro atoms. The lowest BCUT2D eigenvalue weighted by atomic mass is 10.1. The Labute approximate surface area is 106 Å². The predicted molar refractivity (Wildman–Crippen MR) is 74.4 cm³/mol. The summed E-state index contributed by atoms with van der Waals surface area (Å²) in [5, 5.41) is 6.86. The summed E-state index contributed by atoms with van der Waals surface area (Å²) in [5.74, 6) is 2.31. The molecular formula is C13H28N4. The minimum absolute atomic E-state index is 0.451. The zero-order valence-corrected chi connectivity index (χ0v) is 12.0. The lowest BCUT2D eigenvalue weighted by Crippen LogP contribution is -2.45. The fourth-order valence-electron chi connectivity index (χ4n) is 2.01. The van der Waals surface area contributed by atoms with Crippen molar-refractivity contribution in [2.24, 2.45) is 16.8 Å². The van der Waals surface area contributed by atoms with Gasteiger partial charge < -0.3 is 15.5 Å². The maximum atomic E-state index is 4.27. The third kappa shape index (κ3) is 4.94. The second-order valence-corrected chi connectivity index (χ2v) is 5.55. The molecule has 2 atom stereocenters. The Morgan fingerprint density at radius 3 is 2.59 bits per heavy atom. The number of likely N-dealkylation sites (tertiary alicyclic amines) is 1. The van der Waals surface area contributed by atoms with Gasteiger partial charge >= 0.3 is 0 Å². The molecule has 100 valence electrons. The summed E-state index contributed by atoms with van der Waals surface area (Å²) in [6.07, 6.45) is 1.29. The largest absolute Gasteiger partial charge is 0.356 e. The lowest BCUT2D eigenvalue weighted by Gasteiger charge is -2.21. The molecule has 4 heteroatoms. The van der Waals surface area contributed by atoms with Gasteiger partial charge in [0, 0.05) is 26.2 Å². The molecule has 2 N–H and O–H groups in total. The second kappa shape index (κ2) is 6.84. The Hall–Kier alpha value is -0.770. The first-order valence-electron chi connectivity index (χ1n) is 6.68. The second-order valence-electron chi connectivity index (χ2n) is 5.55. The topological polar surface area (TPSA) is 39.7 Å². The molecule has 0 bridgehead atoms. The molecule has 2 unspecified atom stereocenters. The van der Waals surface area contributed by atoms with Gasteiger partial charge in [-0.15, -0.1) is 0 Å². The number of aliphatic imine (C=N–C) groups is 1. The van der Waals surface area contributed by atoms with Crippen LogP contribution in [0.3, 0.4) is 0 Å². The first kappa shape index (κ1) is 14.3. The van der Waals surface area contributed by atoms with Gasteiger partial charge in [-0.2, -0.15) is 0 Å². The minimum Gasteiger partial charge on any atom is -0.356 e. The van der Waals surface area contributed by atoms with Gasteiger partial charge in [0.25, 0.3) is 0 Å². The van der Waals surface area contributed by atoms with Crippen LogP contribution in [0.2, 0.25) is 0 Å². The zero-order valence-electron chi connectivity index (χ0n) is 12.0. The van der Waals surface area contributed by atoms with E-state index in [1.807, 2.05) is 7.05 Å². The Kier molecular flexibility index (Phi) is 5.75. The van der Waals surface area contributed by atoms with Gasteiger partial charge in [0.05, 0.1) is 0 Å². The first-order chi connectivity index (χ1) is 8.02. The van der Waals surface area contributed by atoms with E-state index in [1.165, 1.54) is 19.5 Å². The third-order valence-electron chi connectivity index (χ3n) is 3.64. The third-order valence-corrected chi connectivity index (χ3v) is 3.64. The molecule has 1 saturated heterocycles. The highest BCUT2D eigenvalue weighted by Crippen LogP contribution is 2.12. The number of hydrogen-bond acceptors (Lipinski definition) is 2. The molecule has 0 aromatic heterocycles. The van der Waals surface area contributed by atoms with E-state index in [1.54, 1.807) is 0 Å². The van der Waals surface area contributed by atoms with Crippen molar-refractivity contribution >= 4 is 5.96 Å². The van der Waals surface area contributed by atoms with Crippen LogP contribution in [0.1, 0.15) is 27.2 Å². The van der Waals surface area contributed by atoms with Crippen molar-refractivity contribution in [1.29, 1.82) is 0 Å². The van der Waals surface area contributed by atoms with Crippen molar-refractivity contribution in [3.05, 3.63) is 0 Å². The summed E-state index contributed by atoms with van der Waals surface area (Å²) >= 11 is 0. The molecule has 0 radical (unpaired) electrons. The van der Waals surface area contributed by atoms with Gasteiger partial charge in [-0.3, -0.25) is 4.99 Å².